The fourth-order valence-corrected chi connectivity index (χ4v) is 4.07. The van der Waals surface area contributed by atoms with Gasteiger partial charge in [-0.1, -0.05) is 30.7 Å². The summed E-state index contributed by atoms with van der Waals surface area (Å²) in [4.78, 5) is 23.2. The maximum Gasteiger partial charge on any atom is 0.341 e. The summed E-state index contributed by atoms with van der Waals surface area (Å²) in [6, 6.07) is 11.0. The van der Waals surface area contributed by atoms with E-state index in [9.17, 15) is 9.59 Å². The number of aliphatic carboxylic acids is 1. The van der Waals surface area contributed by atoms with E-state index in [0.29, 0.717) is 17.6 Å². The van der Waals surface area contributed by atoms with E-state index in [0.717, 1.165) is 16.5 Å². The lowest BCUT2D eigenvalue weighted by Gasteiger charge is -2.13. The first-order valence-corrected chi connectivity index (χ1v) is 8.32. The zero-order chi connectivity index (χ0) is 16.7. The van der Waals surface area contributed by atoms with Crippen molar-refractivity contribution in [2.45, 2.75) is 19.3 Å². The molecule has 0 heterocycles. The lowest BCUT2D eigenvalue weighted by atomic mass is 10.1. The van der Waals surface area contributed by atoms with E-state index >= 15 is 0 Å². The lowest BCUT2D eigenvalue weighted by molar-refractivity contribution is -0.139. The van der Waals surface area contributed by atoms with Gasteiger partial charge in [-0.2, -0.15) is 0 Å². The fourth-order valence-electron chi connectivity index (χ4n) is 4.07. The van der Waals surface area contributed by atoms with Gasteiger partial charge in [-0.15, -0.1) is 0 Å². The van der Waals surface area contributed by atoms with Crippen LogP contribution in [0.1, 0.15) is 19.3 Å². The van der Waals surface area contributed by atoms with Crippen molar-refractivity contribution in [2.75, 3.05) is 11.9 Å². The first-order valence-electron chi connectivity index (χ1n) is 8.32. The minimum Gasteiger partial charge on any atom is -0.481 e. The van der Waals surface area contributed by atoms with Gasteiger partial charge in [0.05, 0.1) is 0 Å². The molecule has 2 unspecified atom stereocenters. The Balaban J connectivity index is 1.58. The second-order valence-corrected chi connectivity index (χ2v) is 6.61. The molecule has 2 aromatic rings. The zero-order valence-electron chi connectivity index (χ0n) is 13.2. The fraction of sp³-hybridized carbons (Fsp3) is 0.368. The van der Waals surface area contributed by atoms with Crippen molar-refractivity contribution in [1.82, 2.24) is 0 Å². The number of carboxylic acid groups (broad SMARTS) is 1. The third kappa shape index (κ3) is 2.60. The highest BCUT2D eigenvalue weighted by molar-refractivity contribution is 6.05. The third-order valence-corrected chi connectivity index (χ3v) is 5.20. The monoisotopic (exact) mass is 325 g/mol. The van der Waals surface area contributed by atoms with Crippen LogP contribution >= 0.6 is 0 Å². The molecule has 5 heteroatoms. The predicted molar refractivity (Wildman–Crippen MR) is 90.0 cm³/mol. The van der Waals surface area contributed by atoms with Crippen LogP contribution < -0.4 is 10.1 Å². The van der Waals surface area contributed by atoms with Crippen LogP contribution in [0.25, 0.3) is 10.8 Å². The van der Waals surface area contributed by atoms with Gasteiger partial charge in [-0.05, 0) is 36.8 Å². The molecule has 2 fully saturated rings. The molecule has 2 saturated carbocycles. The molecular formula is C19H19NO4. The van der Waals surface area contributed by atoms with Crippen molar-refractivity contribution in [1.29, 1.82) is 0 Å². The van der Waals surface area contributed by atoms with Crippen LogP contribution in [0.4, 0.5) is 5.69 Å². The van der Waals surface area contributed by atoms with E-state index in [1.54, 1.807) is 12.1 Å². The van der Waals surface area contributed by atoms with Crippen LogP contribution in [-0.4, -0.2) is 23.6 Å². The summed E-state index contributed by atoms with van der Waals surface area (Å²) in [5.41, 5.74) is 0.753. The summed E-state index contributed by atoms with van der Waals surface area (Å²) >= 11 is 0. The van der Waals surface area contributed by atoms with Crippen LogP contribution in [-0.2, 0) is 9.59 Å². The van der Waals surface area contributed by atoms with Crippen molar-refractivity contribution < 1.29 is 19.4 Å². The molecule has 0 saturated heterocycles. The van der Waals surface area contributed by atoms with Crippen molar-refractivity contribution in [3.63, 3.8) is 0 Å². The SMILES string of the molecule is O=C(O)COc1ccc(NC(=O)C2C3CCCC32)c2ccccc12. The summed E-state index contributed by atoms with van der Waals surface area (Å²) in [7, 11) is 0. The number of hydrogen-bond acceptors (Lipinski definition) is 3. The number of fused-ring (bicyclic) bond motifs is 2. The molecule has 0 bridgehead atoms. The molecule has 2 aromatic carbocycles. The minimum absolute atomic E-state index is 0.106. The highest BCUT2D eigenvalue weighted by atomic mass is 16.5. The van der Waals surface area contributed by atoms with E-state index in [4.69, 9.17) is 9.84 Å². The van der Waals surface area contributed by atoms with E-state index in [-0.39, 0.29) is 18.4 Å². The average Bonchev–Trinajstić information content (AvgIpc) is 3.07. The quantitative estimate of drug-likeness (QED) is 0.884. The molecule has 2 N–H and O–H groups in total. The average molecular weight is 325 g/mol. The first-order chi connectivity index (χ1) is 11.6. The van der Waals surface area contributed by atoms with Gasteiger partial charge in [0.2, 0.25) is 5.91 Å². The summed E-state index contributed by atoms with van der Waals surface area (Å²) in [6.07, 6.45) is 3.59. The molecular weight excluding hydrogens is 306 g/mol. The minimum atomic E-state index is -1.02. The predicted octanol–water partition coefficient (Wildman–Crippen LogP) is 3.29. The first kappa shape index (κ1) is 15.0. The Kier molecular flexibility index (Phi) is 3.63. The topological polar surface area (TPSA) is 75.6 Å². The number of benzene rings is 2. The number of carboxylic acids is 1. The van der Waals surface area contributed by atoms with Gasteiger partial charge >= 0.3 is 5.97 Å². The molecule has 0 aliphatic heterocycles. The van der Waals surface area contributed by atoms with Crippen LogP contribution in [0, 0.1) is 17.8 Å². The van der Waals surface area contributed by atoms with Gasteiger partial charge in [0.15, 0.2) is 6.61 Å². The van der Waals surface area contributed by atoms with Crippen LogP contribution in [0.15, 0.2) is 36.4 Å². The third-order valence-electron chi connectivity index (χ3n) is 5.20. The summed E-state index contributed by atoms with van der Waals surface area (Å²) in [6.45, 7) is -0.388. The Bertz CT molecular complexity index is 806. The standard InChI is InChI=1S/C19H19NO4/c21-17(22)10-24-16-9-8-15(11-4-1-2-5-12(11)16)20-19(23)18-13-6-3-7-14(13)18/h1-2,4-5,8-9,13-14,18H,3,6-7,10H2,(H,20,23)(H,21,22). The molecule has 0 spiro atoms. The van der Waals surface area contributed by atoms with Crippen molar-refractivity contribution >= 4 is 28.3 Å². The molecule has 2 aliphatic carbocycles. The highest BCUT2D eigenvalue weighted by Gasteiger charge is 2.56. The number of rotatable bonds is 5. The van der Waals surface area contributed by atoms with E-state index in [1.807, 2.05) is 24.3 Å². The molecule has 124 valence electrons. The largest absolute Gasteiger partial charge is 0.481 e. The van der Waals surface area contributed by atoms with Gasteiger partial charge in [-0.25, -0.2) is 4.79 Å². The molecule has 2 aliphatic rings. The molecule has 5 nitrogen and oxygen atoms in total. The smallest absolute Gasteiger partial charge is 0.341 e. The number of hydrogen-bond donors (Lipinski definition) is 2. The normalized spacial score (nSPS) is 24.4. The van der Waals surface area contributed by atoms with Crippen LogP contribution in [0.5, 0.6) is 5.75 Å². The van der Waals surface area contributed by atoms with E-state index < -0.39 is 5.97 Å². The number of ether oxygens (including phenoxy) is 1. The van der Waals surface area contributed by atoms with Gasteiger partial charge in [0, 0.05) is 22.4 Å². The molecule has 0 aromatic heterocycles. The Hall–Kier alpha value is -2.56. The molecule has 2 atom stereocenters. The second kappa shape index (κ2) is 5.82. The lowest BCUT2D eigenvalue weighted by Crippen LogP contribution is -2.17. The number of carbonyl (C=O) groups excluding carboxylic acids is 1. The Morgan fingerprint density at radius 3 is 2.50 bits per heavy atom. The zero-order valence-corrected chi connectivity index (χ0v) is 13.2. The Morgan fingerprint density at radius 2 is 1.79 bits per heavy atom. The van der Waals surface area contributed by atoms with Gasteiger partial charge in [-0.3, -0.25) is 4.79 Å². The van der Waals surface area contributed by atoms with Crippen molar-refractivity contribution in [3.8, 4) is 5.75 Å². The summed E-state index contributed by atoms with van der Waals surface area (Å²) in [5.74, 6) is 0.921. The van der Waals surface area contributed by atoms with Crippen molar-refractivity contribution in [2.24, 2.45) is 17.8 Å². The molecule has 0 radical (unpaired) electrons. The van der Waals surface area contributed by atoms with Gasteiger partial charge < -0.3 is 15.2 Å². The van der Waals surface area contributed by atoms with Crippen molar-refractivity contribution in [3.05, 3.63) is 36.4 Å². The van der Waals surface area contributed by atoms with Crippen LogP contribution in [0.3, 0.4) is 0 Å². The van der Waals surface area contributed by atoms with Gasteiger partial charge in [0.1, 0.15) is 5.75 Å². The van der Waals surface area contributed by atoms with E-state index in [1.165, 1.54) is 19.3 Å². The Morgan fingerprint density at radius 1 is 1.08 bits per heavy atom. The van der Waals surface area contributed by atoms with E-state index in [2.05, 4.69) is 5.32 Å². The maximum atomic E-state index is 12.5. The summed E-state index contributed by atoms with van der Waals surface area (Å²) < 4.78 is 5.35. The Labute approximate surface area is 139 Å². The number of nitrogens with one attached hydrogen (secondary N) is 1. The van der Waals surface area contributed by atoms with Crippen LogP contribution in [0.2, 0.25) is 0 Å². The number of amides is 1. The van der Waals surface area contributed by atoms with Gasteiger partial charge in [0.25, 0.3) is 0 Å². The highest BCUT2D eigenvalue weighted by Crippen LogP contribution is 2.57. The molecule has 24 heavy (non-hydrogen) atoms. The summed E-state index contributed by atoms with van der Waals surface area (Å²) in [5, 5.41) is 13.5. The molecule has 1 amide bonds. The molecule has 4 rings (SSSR count). The number of carbonyl (C=O) groups is 2. The number of anilines is 1. The second-order valence-electron chi connectivity index (χ2n) is 6.61. The maximum absolute atomic E-state index is 12.5.